The van der Waals surface area contributed by atoms with E-state index in [0.29, 0.717) is 67.0 Å². The Morgan fingerprint density at radius 2 is 1.82 bits per heavy atom. The fraction of sp³-hybridized carbons (Fsp3) is 0.333. The summed E-state index contributed by atoms with van der Waals surface area (Å²) in [6.07, 6.45) is 2.67. The molecule has 39 heavy (non-hydrogen) atoms. The molecule has 206 valence electrons. The normalized spacial score (nSPS) is 13.5. The highest BCUT2D eigenvalue weighted by Crippen LogP contribution is 2.29. The zero-order valence-corrected chi connectivity index (χ0v) is 23.0. The Morgan fingerprint density at radius 1 is 0.974 bits per heavy atom. The van der Waals surface area contributed by atoms with Gasteiger partial charge >= 0.3 is 6.03 Å². The molecule has 2 heterocycles. The van der Waals surface area contributed by atoms with Gasteiger partial charge in [-0.15, -0.1) is 0 Å². The van der Waals surface area contributed by atoms with Crippen LogP contribution >= 0.6 is 23.2 Å². The summed E-state index contributed by atoms with van der Waals surface area (Å²) < 4.78 is 5.00. The van der Waals surface area contributed by atoms with Gasteiger partial charge in [0.05, 0.1) is 17.6 Å². The van der Waals surface area contributed by atoms with Gasteiger partial charge in [0.15, 0.2) is 0 Å². The number of benzene rings is 2. The summed E-state index contributed by atoms with van der Waals surface area (Å²) in [6.45, 7) is 5.20. The number of rotatable bonds is 8. The maximum absolute atomic E-state index is 13.0. The summed E-state index contributed by atoms with van der Waals surface area (Å²) in [5, 5.41) is 13.3. The van der Waals surface area contributed by atoms with E-state index in [2.05, 4.69) is 26.0 Å². The van der Waals surface area contributed by atoms with Gasteiger partial charge in [0.1, 0.15) is 0 Å². The summed E-state index contributed by atoms with van der Waals surface area (Å²) in [5.41, 5.74) is 2.45. The zero-order chi connectivity index (χ0) is 27.8. The molecule has 0 unspecified atom stereocenters. The van der Waals surface area contributed by atoms with Crippen LogP contribution in [0.15, 0.2) is 53.2 Å². The van der Waals surface area contributed by atoms with Gasteiger partial charge in [0, 0.05) is 60.9 Å². The topological polar surface area (TPSA) is 120 Å². The molecule has 3 N–H and O–H groups in total. The second kappa shape index (κ2) is 13.3. The molecule has 1 aliphatic rings. The number of carbonyl (C=O) groups is 3. The first-order valence-electron chi connectivity index (χ1n) is 12.7. The molecule has 0 saturated carbocycles. The number of amides is 4. The zero-order valence-electron chi connectivity index (χ0n) is 21.5. The molecule has 0 aliphatic carbocycles. The van der Waals surface area contributed by atoms with Crippen molar-refractivity contribution in [3.05, 3.63) is 75.6 Å². The molecule has 4 rings (SSSR count). The van der Waals surface area contributed by atoms with Crippen LogP contribution in [-0.4, -0.2) is 67.2 Å². The van der Waals surface area contributed by atoms with Crippen molar-refractivity contribution in [1.82, 2.24) is 20.7 Å². The fourth-order valence-corrected chi connectivity index (χ4v) is 4.83. The number of aromatic nitrogens is 1. The summed E-state index contributed by atoms with van der Waals surface area (Å²) >= 11 is 12.2. The van der Waals surface area contributed by atoms with Crippen LogP contribution in [0.4, 0.5) is 16.2 Å². The first-order chi connectivity index (χ1) is 18.9. The Morgan fingerprint density at radius 3 is 2.56 bits per heavy atom. The van der Waals surface area contributed by atoms with Gasteiger partial charge in [-0.05, 0) is 55.7 Å². The minimum absolute atomic E-state index is 0.0499. The van der Waals surface area contributed by atoms with Gasteiger partial charge in [-0.2, -0.15) is 0 Å². The van der Waals surface area contributed by atoms with Crippen LogP contribution in [0.2, 0.25) is 10.0 Å². The second-order valence-electron chi connectivity index (χ2n) is 8.97. The van der Waals surface area contributed by atoms with Crippen LogP contribution in [0.5, 0.6) is 0 Å². The third-order valence-electron chi connectivity index (χ3n) is 6.32. The number of urea groups is 1. The van der Waals surface area contributed by atoms with Gasteiger partial charge < -0.3 is 30.3 Å². The number of halogens is 2. The van der Waals surface area contributed by atoms with Gasteiger partial charge in [-0.3, -0.25) is 9.59 Å². The van der Waals surface area contributed by atoms with Crippen molar-refractivity contribution in [2.45, 2.75) is 19.8 Å². The molecule has 4 amide bonds. The van der Waals surface area contributed by atoms with Crippen molar-refractivity contribution in [3.8, 4) is 0 Å². The molecular weight excluding hydrogens is 543 g/mol. The highest BCUT2D eigenvalue weighted by molar-refractivity contribution is 6.35. The summed E-state index contributed by atoms with van der Waals surface area (Å²) in [7, 11) is 0. The Bertz CT molecular complexity index is 1320. The molecule has 3 aromatic rings. The second-order valence-corrected chi connectivity index (χ2v) is 9.81. The van der Waals surface area contributed by atoms with Gasteiger partial charge in [0.2, 0.25) is 5.76 Å². The lowest BCUT2D eigenvalue weighted by Gasteiger charge is -2.26. The van der Waals surface area contributed by atoms with Crippen LogP contribution in [0, 0.1) is 0 Å². The number of anilines is 2. The van der Waals surface area contributed by atoms with Crippen molar-refractivity contribution in [3.63, 3.8) is 0 Å². The Kier molecular flexibility index (Phi) is 9.67. The van der Waals surface area contributed by atoms with E-state index in [1.54, 1.807) is 29.2 Å². The van der Waals surface area contributed by atoms with Gasteiger partial charge in [-0.1, -0.05) is 34.4 Å². The van der Waals surface area contributed by atoms with E-state index in [-0.39, 0.29) is 17.7 Å². The van der Waals surface area contributed by atoms with Crippen LogP contribution in [0.1, 0.15) is 39.8 Å². The average Bonchev–Trinajstić information content (AvgIpc) is 3.35. The van der Waals surface area contributed by atoms with Crippen molar-refractivity contribution in [2.24, 2.45) is 0 Å². The lowest BCUT2D eigenvalue weighted by Crippen LogP contribution is -2.42. The SMILES string of the molecule is CCNC(=O)N1CCCN(c2ccc(C(=O)NCCc3ccc(Cl)cc3Cl)cc2NC(=O)c2ccno2)CC1. The minimum atomic E-state index is -0.484. The monoisotopic (exact) mass is 572 g/mol. The molecule has 0 bridgehead atoms. The molecule has 1 saturated heterocycles. The summed E-state index contributed by atoms with van der Waals surface area (Å²) in [4.78, 5) is 42.0. The highest BCUT2D eigenvalue weighted by atomic mass is 35.5. The maximum atomic E-state index is 13.0. The first-order valence-corrected chi connectivity index (χ1v) is 13.5. The smallest absolute Gasteiger partial charge is 0.317 e. The lowest BCUT2D eigenvalue weighted by atomic mass is 10.1. The van der Waals surface area contributed by atoms with Gasteiger partial charge in [0.25, 0.3) is 11.8 Å². The predicted octanol–water partition coefficient (Wildman–Crippen LogP) is 4.45. The van der Waals surface area contributed by atoms with Crippen LogP contribution in [-0.2, 0) is 6.42 Å². The Hall–Kier alpha value is -3.76. The Labute approximate surface area is 236 Å². The van der Waals surface area contributed by atoms with E-state index in [1.807, 2.05) is 19.1 Å². The van der Waals surface area contributed by atoms with Crippen LogP contribution < -0.4 is 20.9 Å². The van der Waals surface area contributed by atoms with Crippen molar-refractivity contribution < 1.29 is 18.9 Å². The minimum Gasteiger partial charge on any atom is -0.368 e. The molecule has 1 fully saturated rings. The van der Waals surface area contributed by atoms with Crippen molar-refractivity contribution in [1.29, 1.82) is 0 Å². The number of hydrogen-bond donors (Lipinski definition) is 3. The number of nitrogens with zero attached hydrogens (tertiary/aromatic N) is 3. The molecule has 0 radical (unpaired) electrons. The predicted molar refractivity (Wildman–Crippen MR) is 151 cm³/mol. The molecule has 2 aromatic carbocycles. The number of hydrogen-bond acceptors (Lipinski definition) is 6. The first kappa shape index (κ1) is 28.3. The van der Waals surface area contributed by atoms with Crippen LogP contribution in [0.25, 0.3) is 0 Å². The third kappa shape index (κ3) is 7.42. The molecule has 0 spiro atoms. The number of carbonyl (C=O) groups excluding carboxylic acids is 3. The molecule has 1 aliphatic heterocycles. The van der Waals surface area contributed by atoms with Crippen molar-refractivity contribution in [2.75, 3.05) is 49.5 Å². The summed E-state index contributed by atoms with van der Waals surface area (Å²) in [5.74, 6) is -0.725. The maximum Gasteiger partial charge on any atom is 0.317 e. The van der Waals surface area contributed by atoms with E-state index in [0.717, 1.165) is 17.7 Å². The number of nitrogens with one attached hydrogen (secondary N) is 3. The summed E-state index contributed by atoms with van der Waals surface area (Å²) in [6, 6.07) is 11.8. The standard InChI is InChI=1S/C27H30Cl2N6O4/c1-2-30-27(38)35-13-3-12-34(14-15-35)23-7-5-19(16-22(23)33-26(37)24-9-11-32-39-24)25(36)31-10-8-18-4-6-20(28)17-21(18)29/h4-7,9,11,16-17H,2-3,8,10,12-15H2,1H3,(H,30,38)(H,31,36)(H,33,37). The highest BCUT2D eigenvalue weighted by Gasteiger charge is 2.23. The Balaban J connectivity index is 1.50. The molecule has 10 nitrogen and oxygen atoms in total. The van der Waals surface area contributed by atoms with Crippen molar-refractivity contribution >= 4 is 52.4 Å². The van der Waals surface area contributed by atoms with E-state index in [9.17, 15) is 14.4 Å². The van der Waals surface area contributed by atoms with E-state index in [4.69, 9.17) is 27.7 Å². The van der Waals surface area contributed by atoms with Gasteiger partial charge in [-0.25, -0.2) is 4.79 Å². The van der Waals surface area contributed by atoms with E-state index in [1.165, 1.54) is 12.3 Å². The quantitative estimate of drug-likeness (QED) is 0.367. The third-order valence-corrected chi connectivity index (χ3v) is 6.90. The molecule has 0 atom stereocenters. The molecule has 12 heteroatoms. The largest absolute Gasteiger partial charge is 0.368 e. The van der Waals surface area contributed by atoms with Crippen LogP contribution in [0.3, 0.4) is 0 Å². The lowest BCUT2D eigenvalue weighted by molar-refractivity contribution is 0.0951. The fourth-order valence-electron chi connectivity index (χ4n) is 4.33. The van der Waals surface area contributed by atoms with E-state index < -0.39 is 5.91 Å². The van der Waals surface area contributed by atoms with E-state index >= 15 is 0 Å². The average molecular weight is 573 g/mol. The molecule has 1 aromatic heterocycles. The molecular formula is C27H30Cl2N6O4.